The van der Waals surface area contributed by atoms with Crippen LogP contribution < -0.4 is 5.32 Å². The molecule has 1 aliphatic carbocycles. The Morgan fingerprint density at radius 1 is 1.48 bits per heavy atom. The van der Waals surface area contributed by atoms with Crippen molar-refractivity contribution in [3.63, 3.8) is 0 Å². The Labute approximate surface area is 147 Å². The van der Waals surface area contributed by atoms with Gasteiger partial charge in [-0.3, -0.25) is 9.69 Å². The van der Waals surface area contributed by atoms with E-state index in [4.69, 9.17) is 0 Å². The summed E-state index contributed by atoms with van der Waals surface area (Å²) in [5, 5.41) is 13.6. The van der Waals surface area contributed by atoms with Gasteiger partial charge in [-0.05, 0) is 42.7 Å². The van der Waals surface area contributed by atoms with Crippen molar-refractivity contribution < 1.29 is 9.90 Å². The zero-order chi connectivity index (χ0) is 17.6. The number of benzene rings is 1. The number of carbonyl (C=O) groups is 1. The molecule has 1 aliphatic heterocycles. The van der Waals surface area contributed by atoms with Crippen molar-refractivity contribution in [2.24, 2.45) is 5.92 Å². The number of aromatic amines is 1. The SMILES string of the molecule is CC[C@H](CO)NC(=O)[C@@H]1C=C2c3cccc4[nH]cc(c34)C[C@H]2N(C)C1. The molecule has 4 rings (SSSR count). The minimum Gasteiger partial charge on any atom is -0.394 e. The number of rotatable bonds is 4. The summed E-state index contributed by atoms with van der Waals surface area (Å²) >= 11 is 0. The number of nitrogens with zero attached hydrogens (tertiary/aromatic N) is 1. The van der Waals surface area contributed by atoms with Crippen LogP contribution in [-0.2, 0) is 11.2 Å². The summed E-state index contributed by atoms with van der Waals surface area (Å²) in [6.45, 7) is 2.66. The van der Waals surface area contributed by atoms with E-state index < -0.39 is 0 Å². The molecule has 132 valence electrons. The lowest BCUT2D eigenvalue weighted by molar-refractivity contribution is -0.125. The number of hydrogen-bond acceptors (Lipinski definition) is 3. The molecule has 1 aromatic heterocycles. The summed E-state index contributed by atoms with van der Waals surface area (Å²) in [6, 6.07) is 6.49. The van der Waals surface area contributed by atoms with Gasteiger partial charge in [0.15, 0.2) is 0 Å². The van der Waals surface area contributed by atoms with Crippen molar-refractivity contribution in [1.82, 2.24) is 15.2 Å². The molecule has 5 nitrogen and oxygen atoms in total. The minimum absolute atomic E-state index is 0.00532. The molecular weight excluding hydrogens is 314 g/mol. The highest BCUT2D eigenvalue weighted by atomic mass is 16.3. The number of aliphatic hydroxyl groups is 1. The largest absolute Gasteiger partial charge is 0.394 e. The Kier molecular flexibility index (Phi) is 4.13. The molecule has 2 aliphatic rings. The molecular formula is C20H25N3O2. The molecule has 0 bridgehead atoms. The average molecular weight is 339 g/mol. The van der Waals surface area contributed by atoms with Gasteiger partial charge in [0.2, 0.25) is 5.91 Å². The van der Waals surface area contributed by atoms with Gasteiger partial charge in [0.05, 0.1) is 18.6 Å². The highest BCUT2D eigenvalue weighted by Gasteiger charge is 2.35. The minimum atomic E-state index is -0.187. The van der Waals surface area contributed by atoms with Crippen LogP contribution in [0.4, 0.5) is 0 Å². The summed E-state index contributed by atoms with van der Waals surface area (Å²) in [6.07, 6.45) is 5.97. The van der Waals surface area contributed by atoms with E-state index in [0.717, 1.165) is 18.4 Å². The fraction of sp³-hybridized carbons (Fsp3) is 0.450. The smallest absolute Gasteiger partial charge is 0.228 e. The van der Waals surface area contributed by atoms with Crippen molar-refractivity contribution in [2.45, 2.75) is 31.8 Å². The molecule has 0 radical (unpaired) electrons. The molecule has 0 saturated carbocycles. The first-order valence-corrected chi connectivity index (χ1v) is 9.05. The predicted octanol–water partition coefficient (Wildman–Crippen LogP) is 1.92. The Morgan fingerprint density at radius 3 is 3.08 bits per heavy atom. The third-order valence-electron chi connectivity index (χ3n) is 5.66. The molecule has 3 atom stereocenters. The standard InChI is InChI=1S/C20H25N3O2/c1-3-14(11-24)22-20(25)13-7-16-15-5-4-6-17-19(15)12(9-21-17)8-18(16)23(2)10-13/h4-7,9,13-14,18,21,24H,3,8,10-11H2,1-2H3,(H,22,25)/t13-,14-,18-/m1/s1. The van der Waals surface area contributed by atoms with E-state index in [2.05, 4.69) is 52.7 Å². The topological polar surface area (TPSA) is 68.4 Å². The second-order valence-corrected chi connectivity index (χ2v) is 7.23. The summed E-state index contributed by atoms with van der Waals surface area (Å²) in [5.74, 6) is -0.182. The Hall–Kier alpha value is -2.11. The molecule has 0 saturated heterocycles. The van der Waals surface area contributed by atoms with Gasteiger partial charge in [-0.25, -0.2) is 0 Å². The molecule has 25 heavy (non-hydrogen) atoms. The van der Waals surface area contributed by atoms with Crippen molar-refractivity contribution in [3.05, 3.63) is 41.6 Å². The number of aromatic nitrogens is 1. The summed E-state index contributed by atoms with van der Waals surface area (Å²) in [7, 11) is 2.10. The number of fused-ring (bicyclic) bond motifs is 2. The highest BCUT2D eigenvalue weighted by molar-refractivity contribution is 5.99. The maximum absolute atomic E-state index is 12.7. The molecule has 5 heteroatoms. The zero-order valence-electron chi connectivity index (χ0n) is 14.7. The monoisotopic (exact) mass is 339 g/mol. The number of amides is 1. The van der Waals surface area contributed by atoms with Crippen LogP contribution in [0.25, 0.3) is 16.5 Å². The molecule has 2 heterocycles. The fourth-order valence-electron chi connectivity index (χ4n) is 4.20. The van der Waals surface area contributed by atoms with E-state index in [-0.39, 0.29) is 24.5 Å². The van der Waals surface area contributed by atoms with Crippen LogP contribution in [0.3, 0.4) is 0 Å². The normalized spacial score (nSPS) is 23.9. The van der Waals surface area contributed by atoms with Crippen LogP contribution in [0, 0.1) is 5.92 Å². The van der Waals surface area contributed by atoms with E-state index in [0.29, 0.717) is 12.6 Å². The Bertz CT molecular complexity index is 835. The maximum Gasteiger partial charge on any atom is 0.228 e. The van der Waals surface area contributed by atoms with E-state index in [1.165, 1.54) is 22.1 Å². The molecule has 3 N–H and O–H groups in total. The van der Waals surface area contributed by atoms with Crippen LogP contribution in [0.15, 0.2) is 30.5 Å². The van der Waals surface area contributed by atoms with Crippen LogP contribution in [0.2, 0.25) is 0 Å². The van der Waals surface area contributed by atoms with Crippen LogP contribution >= 0.6 is 0 Å². The van der Waals surface area contributed by atoms with Gasteiger partial charge in [0.25, 0.3) is 0 Å². The van der Waals surface area contributed by atoms with Crippen molar-refractivity contribution in [2.75, 3.05) is 20.2 Å². The van der Waals surface area contributed by atoms with E-state index in [1.807, 2.05) is 6.92 Å². The van der Waals surface area contributed by atoms with Gasteiger partial charge >= 0.3 is 0 Å². The predicted molar refractivity (Wildman–Crippen MR) is 99.2 cm³/mol. The van der Waals surface area contributed by atoms with E-state index >= 15 is 0 Å². The van der Waals surface area contributed by atoms with Gasteiger partial charge in [-0.1, -0.05) is 25.1 Å². The van der Waals surface area contributed by atoms with Crippen molar-refractivity contribution in [1.29, 1.82) is 0 Å². The lowest BCUT2D eigenvalue weighted by Crippen LogP contribution is -2.48. The van der Waals surface area contributed by atoms with Gasteiger partial charge in [-0.2, -0.15) is 0 Å². The Morgan fingerprint density at radius 2 is 2.32 bits per heavy atom. The third kappa shape index (κ3) is 2.68. The third-order valence-corrected chi connectivity index (χ3v) is 5.66. The second kappa shape index (κ2) is 6.32. The maximum atomic E-state index is 12.7. The number of hydrogen-bond donors (Lipinski definition) is 3. The van der Waals surface area contributed by atoms with Gasteiger partial charge in [0, 0.05) is 29.7 Å². The first-order valence-electron chi connectivity index (χ1n) is 9.05. The summed E-state index contributed by atoms with van der Waals surface area (Å²) < 4.78 is 0. The van der Waals surface area contributed by atoms with Gasteiger partial charge in [0.1, 0.15) is 0 Å². The number of aliphatic hydroxyl groups excluding tert-OH is 1. The quantitative estimate of drug-likeness (QED) is 0.797. The van der Waals surface area contributed by atoms with Crippen LogP contribution in [0.5, 0.6) is 0 Å². The lowest BCUT2D eigenvalue weighted by atomic mass is 9.80. The van der Waals surface area contributed by atoms with Crippen LogP contribution in [0.1, 0.15) is 24.5 Å². The fourth-order valence-corrected chi connectivity index (χ4v) is 4.20. The summed E-state index contributed by atoms with van der Waals surface area (Å²) in [4.78, 5) is 18.3. The number of likely N-dealkylation sites (N-methyl/N-ethyl adjacent to an activating group) is 1. The lowest BCUT2D eigenvalue weighted by Gasteiger charge is -2.39. The van der Waals surface area contributed by atoms with Gasteiger partial charge < -0.3 is 15.4 Å². The highest BCUT2D eigenvalue weighted by Crippen LogP contribution is 2.40. The zero-order valence-corrected chi connectivity index (χ0v) is 14.7. The molecule has 2 aromatic rings. The van der Waals surface area contributed by atoms with Crippen LogP contribution in [-0.4, -0.2) is 53.2 Å². The molecule has 1 amide bonds. The van der Waals surface area contributed by atoms with Crippen molar-refractivity contribution in [3.8, 4) is 0 Å². The van der Waals surface area contributed by atoms with E-state index in [1.54, 1.807) is 0 Å². The number of nitrogens with one attached hydrogen (secondary N) is 2. The van der Waals surface area contributed by atoms with E-state index in [9.17, 15) is 9.90 Å². The van der Waals surface area contributed by atoms with Crippen molar-refractivity contribution >= 4 is 22.4 Å². The second-order valence-electron chi connectivity index (χ2n) is 7.23. The number of carbonyl (C=O) groups excluding carboxylic acids is 1. The first kappa shape index (κ1) is 16.4. The first-order chi connectivity index (χ1) is 12.1. The Balaban J connectivity index is 1.71. The number of H-pyrrole nitrogens is 1. The molecule has 1 aromatic carbocycles. The molecule has 0 unspecified atom stereocenters. The summed E-state index contributed by atoms with van der Waals surface area (Å²) in [5.41, 5.74) is 5.01. The van der Waals surface area contributed by atoms with Gasteiger partial charge in [-0.15, -0.1) is 0 Å². The molecule has 0 spiro atoms. The average Bonchev–Trinajstić information content (AvgIpc) is 3.04. The molecule has 0 fully saturated rings.